The Balaban J connectivity index is 2.26. The zero-order chi connectivity index (χ0) is 8.97. The number of esters is 1. The van der Waals surface area contributed by atoms with E-state index in [4.69, 9.17) is 9.84 Å². The van der Waals surface area contributed by atoms with E-state index in [1.807, 2.05) is 0 Å². The third kappa shape index (κ3) is 2.48. The Hall–Kier alpha value is -0.570. The van der Waals surface area contributed by atoms with E-state index in [-0.39, 0.29) is 12.6 Å². The van der Waals surface area contributed by atoms with E-state index < -0.39 is 0 Å². The van der Waals surface area contributed by atoms with Crippen molar-refractivity contribution in [1.29, 1.82) is 0 Å². The van der Waals surface area contributed by atoms with Gasteiger partial charge in [0, 0.05) is 13.5 Å². The summed E-state index contributed by atoms with van der Waals surface area (Å²) in [5.74, 6) is 0.516. The van der Waals surface area contributed by atoms with Crippen LogP contribution < -0.4 is 0 Å². The first-order chi connectivity index (χ1) is 5.74. The van der Waals surface area contributed by atoms with Gasteiger partial charge in [0.1, 0.15) is 0 Å². The van der Waals surface area contributed by atoms with Gasteiger partial charge >= 0.3 is 5.97 Å². The highest BCUT2D eigenvalue weighted by Gasteiger charge is 2.27. The number of hydrogen-bond acceptors (Lipinski definition) is 3. The molecule has 1 aliphatic rings. The summed E-state index contributed by atoms with van der Waals surface area (Å²) in [5, 5.41) is 8.96. The summed E-state index contributed by atoms with van der Waals surface area (Å²) in [5.41, 5.74) is 0. The van der Waals surface area contributed by atoms with Crippen molar-refractivity contribution in [3.8, 4) is 0 Å². The van der Waals surface area contributed by atoms with Crippen molar-refractivity contribution in [2.45, 2.75) is 26.2 Å². The minimum Gasteiger partial charge on any atom is -0.466 e. The van der Waals surface area contributed by atoms with Crippen molar-refractivity contribution in [1.82, 2.24) is 0 Å². The van der Waals surface area contributed by atoms with Crippen molar-refractivity contribution in [2.75, 3.05) is 13.2 Å². The van der Waals surface area contributed by atoms with Crippen LogP contribution in [0.2, 0.25) is 0 Å². The summed E-state index contributed by atoms with van der Waals surface area (Å²) >= 11 is 0. The van der Waals surface area contributed by atoms with Gasteiger partial charge in [-0.05, 0) is 24.7 Å². The monoisotopic (exact) mass is 172 g/mol. The largest absolute Gasteiger partial charge is 0.466 e. The number of ether oxygens (including phenoxy) is 1. The normalized spacial score (nSPS) is 28.8. The second kappa shape index (κ2) is 4.45. The van der Waals surface area contributed by atoms with Crippen LogP contribution in [0.3, 0.4) is 0 Å². The lowest BCUT2D eigenvalue weighted by Crippen LogP contribution is -2.18. The molecule has 0 aromatic rings. The zero-order valence-electron chi connectivity index (χ0n) is 7.45. The standard InChI is InChI=1S/C9H16O3/c1-7(11)12-6-9-4-2-3-8(9)5-10/h8-10H,2-6H2,1H3/t8-,9+/m1/s1. The minimum atomic E-state index is -0.224. The molecule has 3 nitrogen and oxygen atoms in total. The van der Waals surface area contributed by atoms with Gasteiger partial charge in [-0.3, -0.25) is 4.79 Å². The first-order valence-corrected chi connectivity index (χ1v) is 4.48. The highest BCUT2D eigenvalue weighted by molar-refractivity contribution is 5.65. The molecule has 0 unspecified atom stereocenters. The molecule has 1 saturated carbocycles. The smallest absolute Gasteiger partial charge is 0.302 e. The Morgan fingerprint density at radius 1 is 1.50 bits per heavy atom. The lowest BCUT2D eigenvalue weighted by molar-refractivity contribution is -0.142. The average molecular weight is 172 g/mol. The predicted molar refractivity (Wildman–Crippen MR) is 44.5 cm³/mol. The molecule has 0 amide bonds. The highest BCUT2D eigenvalue weighted by atomic mass is 16.5. The molecule has 0 bridgehead atoms. The fourth-order valence-corrected chi connectivity index (χ4v) is 1.80. The van der Waals surface area contributed by atoms with Crippen molar-refractivity contribution < 1.29 is 14.6 Å². The zero-order valence-corrected chi connectivity index (χ0v) is 7.45. The van der Waals surface area contributed by atoms with Crippen LogP contribution in [-0.4, -0.2) is 24.3 Å². The summed E-state index contributed by atoms with van der Waals surface area (Å²) in [6, 6.07) is 0. The maximum absolute atomic E-state index is 10.5. The maximum Gasteiger partial charge on any atom is 0.302 e. The molecule has 70 valence electrons. The molecule has 0 radical (unpaired) electrons. The van der Waals surface area contributed by atoms with Crippen LogP contribution in [0.1, 0.15) is 26.2 Å². The Morgan fingerprint density at radius 3 is 2.75 bits per heavy atom. The SMILES string of the molecule is CC(=O)OC[C@@H]1CCC[C@@H]1CO. The van der Waals surface area contributed by atoms with Gasteiger partial charge in [0.2, 0.25) is 0 Å². The van der Waals surface area contributed by atoms with Crippen molar-refractivity contribution in [3.63, 3.8) is 0 Å². The van der Waals surface area contributed by atoms with Crippen LogP contribution in [0, 0.1) is 11.8 Å². The number of aliphatic hydroxyl groups excluding tert-OH is 1. The van der Waals surface area contributed by atoms with Gasteiger partial charge in [-0.25, -0.2) is 0 Å². The van der Waals surface area contributed by atoms with Gasteiger partial charge in [-0.1, -0.05) is 6.42 Å². The van der Waals surface area contributed by atoms with E-state index in [0.717, 1.165) is 19.3 Å². The second-order valence-corrected chi connectivity index (χ2v) is 3.44. The lowest BCUT2D eigenvalue weighted by Gasteiger charge is -2.16. The summed E-state index contributed by atoms with van der Waals surface area (Å²) in [7, 11) is 0. The number of rotatable bonds is 3. The van der Waals surface area contributed by atoms with E-state index in [0.29, 0.717) is 18.4 Å². The van der Waals surface area contributed by atoms with Crippen LogP contribution in [-0.2, 0) is 9.53 Å². The predicted octanol–water partition coefficient (Wildman–Crippen LogP) is 0.958. The van der Waals surface area contributed by atoms with Crippen LogP contribution in [0.5, 0.6) is 0 Å². The second-order valence-electron chi connectivity index (χ2n) is 3.44. The Morgan fingerprint density at radius 2 is 2.17 bits per heavy atom. The summed E-state index contributed by atoms with van der Waals surface area (Å²) < 4.78 is 4.91. The van der Waals surface area contributed by atoms with Crippen molar-refractivity contribution in [2.24, 2.45) is 11.8 Å². The Bertz CT molecular complexity index is 156. The van der Waals surface area contributed by atoms with Gasteiger partial charge in [0.15, 0.2) is 0 Å². The fourth-order valence-electron chi connectivity index (χ4n) is 1.80. The maximum atomic E-state index is 10.5. The number of hydrogen-bond donors (Lipinski definition) is 1. The number of carbonyl (C=O) groups is 1. The molecule has 0 saturated heterocycles. The summed E-state index contributed by atoms with van der Waals surface area (Å²) in [6.07, 6.45) is 3.30. The van der Waals surface area contributed by atoms with Crippen LogP contribution in [0.4, 0.5) is 0 Å². The Labute approximate surface area is 72.7 Å². The van der Waals surface area contributed by atoms with E-state index >= 15 is 0 Å². The molecule has 0 aliphatic heterocycles. The van der Waals surface area contributed by atoms with E-state index in [9.17, 15) is 4.79 Å². The molecule has 2 atom stereocenters. The Kier molecular flexibility index (Phi) is 3.53. The van der Waals surface area contributed by atoms with Crippen LogP contribution >= 0.6 is 0 Å². The summed E-state index contributed by atoms with van der Waals surface area (Å²) in [6.45, 7) is 2.13. The van der Waals surface area contributed by atoms with E-state index in [2.05, 4.69) is 0 Å². The molecule has 1 N–H and O–H groups in total. The quantitative estimate of drug-likeness (QED) is 0.645. The lowest BCUT2D eigenvalue weighted by atomic mass is 9.98. The molecule has 3 heteroatoms. The number of carbonyl (C=O) groups excluding carboxylic acids is 1. The molecular formula is C9H16O3. The molecule has 1 aliphatic carbocycles. The fraction of sp³-hybridized carbons (Fsp3) is 0.889. The van der Waals surface area contributed by atoms with Gasteiger partial charge in [0.25, 0.3) is 0 Å². The molecule has 12 heavy (non-hydrogen) atoms. The minimum absolute atomic E-state index is 0.224. The topological polar surface area (TPSA) is 46.5 Å². The first-order valence-electron chi connectivity index (χ1n) is 4.48. The van der Waals surface area contributed by atoms with Gasteiger partial charge in [-0.15, -0.1) is 0 Å². The van der Waals surface area contributed by atoms with Crippen LogP contribution in [0.25, 0.3) is 0 Å². The summed E-state index contributed by atoms with van der Waals surface area (Å²) in [4.78, 5) is 10.5. The molecule has 1 fully saturated rings. The van der Waals surface area contributed by atoms with Gasteiger partial charge < -0.3 is 9.84 Å². The van der Waals surface area contributed by atoms with Crippen LogP contribution in [0.15, 0.2) is 0 Å². The first kappa shape index (κ1) is 9.52. The van der Waals surface area contributed by atoms with Crippen molar-refractivity contribution in [3.05, 3.63) is 0 Å². The van der Waals surface area contributed by atoms with E-state index in [1.54, 1.807) is 0 Å². The average Bonchev–Trinajstić information content (AvgIpc) is 2.47. The van der Waals surface area contributed by atoms with Gasteiger partial charge in [0.05, 0.1) is 6.61 Å². The molecule has 0 heterocycles. The third-order valence-corrected chi connectivity index (χ3v) is 2.55. The van der Waals surface area contributed by atoms with Crippen molar-refractivity contribution >= 4 is 5.97 Å². The highest BCUT2D eigenvalue weighted by Crippen LogP contribution is 2.31. The number of aliphatic hydroxyl groups is 1. The third-order valence-electron chi connectivity index (χ3n) is 2.55. The molecule has 1 rings (SSSR count). The molecule has 0 spiro atoms. The van der Waals surface area contributed by atoms with Gasteiger partial charge in [-0.2, -0.15) is 0 Å². The molecular weight excluding hydrogens is 156 g/mol. The molecule has 0 aromatic heterocycles. The molecule has 0 aromatic carbocycles. The van der Waals surface area contributed by atoms with E-state index in [1.165, 1.54) is 6.92 Å².